The number of aromatic nitrogens is 2. The lowest BCUT2D eigenvalue weighted by atomic mass is 10.2. The summed E-state index contributed by atoms with van der Waals surface area (Å²) >= 11 is 1.41. The van der Waals surface area contributed by atoms with Crippen molar-refractivity contribution in [2.24, 2.45) is 0 Å². The third kappa shape index (κ3) is 3.56. The van der Waals surface area contributed by atoms with E-state index in [1.54, 1.807) is 11.4 Å². The van der Waals surface area contributed by atoms with E-state index in [2.05, 4.69) is 18.1 Å². The van der Waals surface area contributed by atoms with E-state index in [1.807, 2.05) is 18.3 Å². The highest BCUT2D eigenvalue weighted by atomic mass is 32.2. The van der Waals surface area contributed by atoms with E-state index in [-0.39, 0.29) is 5.97 Å². The Labute approximate surface area is 127 Å². The average Bonchev–Trinajstić information content (AvgIpc) is 2.83. The van der Waals surface area contributed by atoms with Gasteiger partial charge in [0.15, 0.2) is 0 Å². The van der Waals surface area contributed by atoms with Gasteiger partial charge in [0.2, 0.25) is 0 Å². The molecule has 2 heterocycles. The second kappa shape index (κ2) is 7.14. The Bertz CT molecular complexity index is 688. The van der Waals surface area contributed by atoms with Crippen LogP contribution in [0, 0.1) is 11.3 Å². The molecular formula is C15H17N3O2S. The highest BCUT2D eigenvalue weighted by Gasteiger charge is 2.14. The SMILES string of the molecule is CCOC(=O)CCSc1nn2ccc(CC)cc2c1C#N. The van der Waals surface area contributed by atoms with Crippen LogP contribution in [0.5, 0.6) is 0 Å². The van der Waals surface area contributed by atoms with Gasteiger partial charge < -0.3 is 4.74 Å². The Morgan fingerprint density at radius 2 is 2.33 bits per heavy atom. The van der Waals surface area contributed by atoms with Gasteiger partial charge in [0, 0.05) is 11.9 Å². The minimum absolute atomic E-state index is 0.222. The van der Waals surface area contributed by atoms with E-state index in [9.17, 15) is 10.1 Å². The van der Waals surface area contributed by atoms with E-state index in [4.69, 9.17) is 4.74 Å². The molecule has 21 heavy (non-hydrogen) atoms. The summed E-state index contributed by atoms with van der Waals surface area (Å²) in [6, 6.07) is 6.19. The van der Waals surface area contributed by atoms with Crippen molar-refractivity contribution in [3.05, 3.63) is 29.5 Å². The zero-order chi connectivity index (χ0) is 15.2. The van der Waals surface area contributed by atoms with Crippen LogP contribution < -0.4 is 0 Å². The highest BCUT2D eigenvalue weighted by Crippen LogP contribution is 2.26. The molecule has 2 aromatic heterocycles. The van der Waals surface area contributed by atoms with Crippen LogP contribution in [0.25, 0.3) is 5.52 Å². The minimum atomic E-state index is -0.222. The van der Waals surface area contributed by atoms with Gasteiger partial charge in [0.1, 0.15) is 16.7 Å². The number of fused-ring (bicyclic) bond motifs is 1. The summed E-state index contributed by atoms with van der Waals surface area (Å²) in [6.07, 6.45) is 3.10. The van der Waals surface area contributed by atoms with Crippen LogP contribution in [-0.4, -0.2) is 27.9 Å². The number of carbonyl (C=O) groups excluding carboxylic acids is 1. The molecule has 0 saturated heterocycles. The molecule has 0 radical (unpaired) electrons. The van der Waals surface area contributed by atoms with E-state index >= 15 is 0 Å². The first-order valence-corrected chi connectivity index (χ1v) is 7.88. The van der Waals surface area contributed by atoms with Crippen molar-refractivity contribution in [2.75, 3.05) is 12.4 Å². The Balaban J connectivity index is 2.16. The molecule has 6 heteroatoms. The van der Waals surface area contributed by atoms with Gasteiger partial charge in [-0.05, 0) is 31.0 Å². The number of hydrogen-bond acceptors (Lipinski definition) is 5. The molecule has 2 aromatic rings. The van der Waals surface area contributed by atoms with Crippen molar-refractivity contribution >= 4 is 23.2 Å². The first kappa shape index (κ1) is 15.4. The summed E-state index contributed by atoms with van der Waals surface area (Å²) in [5.41, 5.74) is 2.55. The molecule has 0 spiro atoms. The van der Waals surface area contributed by atoms with Crippen LogP contribution in [0.1, 0.15) is 31.4 Å². The van der Waals surface area contributed by atoms with Crippen molar-refractivity contribution in [2.45, 2.75) is 31.7 Å². The number of nitriles is 1. The maximum atomic E-state index is 11.3. The molecule has 0 amide bonds. The minimum Gasteiger partial charge on any atom is -0.466 e. The standard InChI is InChI=1S/C15H17N3O2S/c1-3-11-5-7-18-13(9-11)12(10-16)15(17-18)21-8-6-14(19)20-4-2/h5,7,9H,3-4,6,8H2,1-2H3. The molecule has 0 aliphatic carbocycles. The van der Waals surface area contributed by atoms with Gasteiger partial charge in [-0.2, -0.15) is 10.4 Å². The van der Waals surface area contributed by atoms with Gasteiger partial charge in [0.05, 0.1) is 18.5 Å². The number of nitrogens with zero attached hydrogens (tertiary/aromatic N) is 3. The maximum Gasteiger partial charge on any atom is 0.306 e. The fourth-order valence-corrected chi connectivity index (χ4v) is 2.86. The molecule has 0 N–H and O–H groups in total. The molecular weight excluding hydrogens is 286 g/mol. The van der Waals surface area contributed by atoms with E-state index in [1.165, 1.54) is 17.3 Å². The normalized spacial score (nSPS) is 10.5. The van der Waals surface area contributed by atoms with Crippen LogP contribution in [0.2, 0.25) is 0 Å². The van der Waals surface area contributed by atoms with Crippen LogP contribution >= 0.6 is 11.8 Å². The summed E-state index contributed by atoms with van der Waals surface area (Å²) < 4.78 is 6.60. The third-order valence-electron chi connectivity index (χ3n) is 3.04. The average molecular weight is 303 g/mol. The summed E-state index contributed by atoms with van der Waals surface area (Å²) in [6.45, 7) is 4.25. The number of aryl methyl sites for hydroxylation is 1. The number of esters is 1. The van der Waals surface area contributed by atoms with Gasteiger partial charge in [0.25, 0.3) is 0 Å². The number of ether oxygens (including phenoxy) is 1. The van der Waals surface area contributed by atoms with E-state index < -0.39 is 0 Å². The largest absolute Gasteiger partial charge is 0.466 e. The summed E-state index contributed by atoms with van der Waals surface area (Å²) in [5.74, 6) is 0.332. The summed E-state index contributed by atoms with van der Waals surface area (Å²) in [5, 5.41) is 14.4. The van der Waals surface area contributed by atoms with Crippen molar-refractivity contribution in [3.63, 3.8) is 0 Å². The molecule has 2 rings (SSSR count). The molecule has 0 aliphatic heterocycles. The van der Waals surface area contributed by atoms with Crippen molar-refractivity contribution < 1.29 is 9.53 Å². The van der Waals surface area contributed by atoms with Crippen LogP contribution in [0.3, 0.4) is 0 Å². The molecule has 0 aromatic carbocycles. The number of rotatable bonds is 6. The predicted molar refractivity (Wildman–Crippen MR) is 81.3 cm³/mol. The smallest absolute Gasteiger partial charge is 0.306 e. The molecule has 0 bridgehead atoms. The number of pyridine rings is 1. The second-order valence-corrected chi connectivity index (χ2v) is 5.50. The molecule has 5 nitrogen and oxygen atoms in total. The fraction of sp³-hybridized carbons (Fsp3) is 0.400. The van der Waals surface area contributed by atoms with Gasteiger partial charge >= 0.3 is 5.97 Å². The number of thioether (sulfide) groups is 1. The Hall–Kier alpha value is -2.00. The molecule has 0 fully saturated rings. The first-order valence-electron chi connectivity index (χ1n) is 6.89. The Morgan fingerprint density at radius 3 is 3.00 bits per heavy atom. The third-order valence-corrected chi connectivity index (χ3v) is 4.01. The molecule has 0 atom stereocenters. The zero-order valence-corrected chi connectivity index (χ0v) is 12.9. The Kier molecular flexibility index (Phi) is 5.23. The molecule has 110 valence electrons. The predicted octanol–water partition coefficient (Wildman–Crippen LogP) is 2.81. The lowest BCUT2D eigenvalue weighted by molar-refractivity contribution is -0.142. The number of hydrogen-bond donors (Lipinski definition) is 0. The van der Waals surface area contributed by atoms with Gasteiger partial charge in [-0.1, -0.05) is 6.92 Å². The van der Waals surface area contributed by atoms with E-state index in [0.29, 0.717) is 29.4 Å². The van der Waals surface area contributed by atoms with Gasteiger partial charge in [-0.3, -0.25) is 4.79 Å². The monoisotopic (exact) mass is 303 g/mol. The van der Waals surface area contributed by atoms with E-state index in [0.717, 1.165) is 11.9 Å². The number of carbonyl (C=O) groups is 1. The van der Waals surface area contributed by atoms with Gasteiger partial charge in [-0.25, -0.2) is 4.52 Å². The molecule has 0 aliphatic rings. The molecule has 0 unspecified atom stereocenters. The Morgan fingerprint density at radius 1 is 1.52 bits per heavy atom. The topological polar surface area (TPSA) is 67.4 Å². The zero-order valence-electron chi connectivity index (χ0n) is 12.1. The van der Waals surface area contributed by atoms with Crippen LogP contribution in [0.4, 0.5) is 0 Å². The summed E-state index contributed by atoms with van der Waals surface area (Å²) in [7, 11) is 0. The van der Waals surface area contributed by atoms with Crippen molar-refractivity contribution in [3.8, 4) is 6.07 Å². The van der Waals surface area contributed by atoms with Crippen LogP contribution in [0.15, 0.2) is 23.4 Å². The van der Waals surface area contributed by atoms with Gasteiger partial charge in [-0.15, -0.1) is 11.8 Å². The fourth-order valence-electron chi connectivity index (χ4n) is 1.96. The quantitative estimate of drug-likeness (QED) is 0.606. The highest BCUT2D eigenvalue weighted by molar-refractivity contribution is 7.99. The lowest BCUT2D eigenvalue weighted by Crippen LogP contribution is -2.04. The van der Waals surface area contributed by atoms with Crippen LogP contribution in [-0.2, 0) is 16.0 Å². The van der Waals surface area contributed by atoms with Crippen molar-refractivity contribution in [1.82, 2.24) is 9.61 Å². The lowest BCUT2D eigenvalue weighted by Gasteiger charge is -2.00. The first-order chi connectivity index (χ1) is 10.2. The summed E-state index contributed by atoms with van der Waals surface area (Å²) in [4.78, 5) is 11.3. The molecule has 0 saturated carbocycles. The second-order valence-electron chi connectivity index (χ2n) is 4.41. The maximum absolute atomic E-state index is 11.3. The van der Waals surface area contributed by atoms with Crippen molar-refractivity contribution in [1.29, 1.82) is 5.26 Å².